The molecule has 3 unspecified atom stereocenters. The highest BCUT2D eigenvalue weighted by molar-refractivity contribution is 4.87. The van der Waals surface area contributed by atoms with Crippen molar-refractivity contribution in [3.8, 4) is 0 Å². The first kappa shape index (κ1) is 8.55. The van der Waals surface area contributed by atoms with Crippen LogP contribution < -0.4 is 5.73 Å². The van der Waals surface area contributed by atoms with Gasteiger partial charge in [-0.05, 0) is 37.5 Å². The zero-order valence-electron chi connectivity index (χ0n) is 8.13. The number of fused-ring (bicyclic) bond motifs is 4. The van der Waals surface area contributed by atoms with E-state index < -0.39 is 0 Å². The van der Waals surface area contributed by atoms with Crippen molar-refractivity contribution in [1.82, 2.24) is 0 Å². The summed E-state index contributed by atoms with van der Waals surface area (Å²) in [6.45, 7) is 2.20. The summed E-state index contributed by atoms with van der Waals surface area (Å²) in [5.41, 5.74) is 6.02. The van der Waals surface area contributed by atoms with Crippen LogP contribution in [0.1, 0.15) is 45.4 Å². The van der Waals surface area contributed by atoms with Gasteiger partial charge in [0.1, 0.15) is 0 Å². The third-order valence-electron chi connectivity index (χ3n) is 4.02. The molecular formula is C11H21N. The maximum Gasteiger partial charge on any atom is 0.00415 e. The van der Waals surface area contributed by atoms with Gasteiger partial charge in [-0.1, -0.05) is 25.7 Å². The minimum Gasteiger partial charge on any atom is -0.328 e. The Hall–Kier alpha value is -0.0400. The molecule has 4 atom stereocenters. The van der Waals surface area contributed by atoms with Crippen molar-refractivity contribution in [2.24, 2.45) is 23.5 Å². The predicted molar refractivity (Wildman–Crippen MR) is 51.8 cm³/mol. The Balaban J connectivity index is 2.06. The van der Waals surface area contributed by atoms with Crippen LogP contribution in [0.2, 0.25) is 0 Å². The van der Waals surface area contributed by atoms with Crippen molar-refractivity contribution < 1.29 is 0 Å². The lowest BCUT2D eigenvalue weighted by Crippen LogP contribution is -2.35. The molecule has 0 radical (unpaired) electrons. The van der Waals surface area contributed by atoms with Crippen molar-refractivity contribution >= 4 is 0 Å². The average molecular weight is 167 g/mol. The van der Waals surface area contributed by atoms with Crippen molar-refractivity contribution in [3.05, 3.63) is 0 Å². The Kier molecular flexibility index (Phi) is 2.40. The number of hydrogen-bond acceptors (Lipinski definition) is 1. The minimum absolute atomic E-state index is 0.441. The predicted octanol–water partition coefficient (Wildman–Crippen LogP) is 2.55. The van der Waals surface area contributed by atoms with Gasteiger partial charge in [0.15, 0.2) is 0 Å². The summed E-state index contributed by atoms with van der Waals surface area (Å²) in [5.74, 6) is 2.86. The number of hydrogen-bond donors (Lipinski definition) is 1. The molecule has 0 aromatic heterocycles. The second-order valence-electron chi connectivity index (χ2n) is 4.89. The molecule has 1 heteroatoms. The summed E-state index contributed by atoms with van der Waals surface area (Å²) in [4.78, 5) is 0. The van der Waals surface area contributed by atoms with E-state index in [9.17, 15) is 0 Å². The normalized spacial score (nSPS) is 44.0. The minimum atomic E-state index is 0.441. The zero-order chi connectivity index (χ0) is 8.55. The molecule has 70 valence electrons. The van der Waals surface area contributed by atoms with Gasteiger partial charge < -0.3 is 5.73 Å². The van der Waals surface area contributed by atoms with Gasteiger partial charge in [-0.15, -0.1) is 0 Å². The highest BCUT2D eigenvalue weighted by Gasteiger charge is 2.34. The van der Waals surface area contributed by atoms with Gasteiger partial charge in [-0.2, -0.15) is 0 Å². The number of nitrogens with two attached hydrogens (primary N) is 1. The topological polar surface area (TPSA) is 26.0 Å². The molecule has 2 bridgehead atoms. The van der Waals surface area contributed by atoms with E-state index >= 15 is 0 Å². The molecule has 0 aromatic rings. The second-order valence-corrected chi connectivity index (χ2v) is 4.89. The monoisotopic (exact) mass is 167 g/mol. The standard InChI is InChI=1S/C11H21N/c1-8(12)11-7-9-3-2-4-10(11)6-5-9/h8-11H,2-7,12H2,1H3/t8-,9?,10?,11?/m0/s1. The van der Waals surface area contributed by atoms with Crippen LogP contribution in [-0.4, -0.2) is 6.04 Å². The SMILES string of the molecule is C[C@H](N)C1CC2CCCC1CC2. The average Bonchev–Trinajstić information content (AvgIpc) is 2.36. The summed E-state index contributed by atoms with van der Waals surface area (Å²) in [5, 5.41) is 0. The van der Waals surface area contributed by atoms with Gasteiger partial charge in [0.25, 0.3) is 0 Å². The Bertz CT molecular complexity index is 149. The molecule has 12 heavy (non-hydrogen) atoms. The van der Waals surface area contributed by atoms with E-state index in [1.54, 1.807) is 0 Å². The molecule has 1 nitrogen and oxygen atoms in total. The second kappa shape index (κ2) is 3.37. The zero-order valence-corrected chi connectivity index (χ0v) is 8.13. The fraction of sp³-hybridized carbons (Fsp3) is 1.00. The van der Waals surface area contributed by atoms with Crippen LogP contribution in [0.15, 0.2) is 0 Å². The van der Waals surface area contributed by atoms with Gasteiger partial charge in [-0.3, -0.25) is 0 Å². The first-order valence-corrected chi connectivity index (χ1v) is 5.53. The highest BCUT2D eigenvalue weighted by Crippen LogP contribution is 2.43. The lowest BCUT2D eigenvalue weighted by molar-refractivity contribution is 0.179. The molecule has 0 aliphatic heterocycles. The van der Waals surface area contributed by atoms with Crippen LogP contribution in [0.3, 0.4) is 0 Å². The van der Waals surface area contributed by atoms with E-state index in [-0.39, 0.29) is 0 Å². The van der Waals surface area contributed by atoms with E-state index in [1.807, 2.05) is 0 Å². The molecule has 3 saturated carbocycles. The largest absolute Gasteiger partial charge is 0.328 e. The Labute approximate surface area is 75.7 Å². The van der Waals surface area contributed by atoms with Crippen molar-refractivity contribution in [2.75, 3.05) is 0 Å². The highest BCUT2D eigenvalue weighted by atomic mass is 14.6. The van der Waals surface area contributed by atoms with Crippen LogP contribution in [-0.2, 0) is 0 Å². The van der Waals surface area contributed by atoms with Crippen LogP contribution >= 0.6 is 0 Å². The molecule has 0 aromatic carbocycles. The van der Waals surface area contributed by atoms with Gasteiger partial charge in [0.2, 0.25) is 0 Å². The van der Waals surface area contributed by atoms with Crippen molar-refractivity contribution in [2.45, 2.75) is 51.5 Å². The van der Waals surface area contributed by atoms with Gasteiger partial charge >= 0.3 is 0 Å². The fourth-order valence-corrected chi connectivity index (χ4v) is 3.29. The fourth-order valence-electron chi connectivity index (χ4n) is 3.29. The molecule has 0 spiro atoms. The van der Waals surface area contributed by atoms with Crippen molar-refractivity contribution in [3.63, 3.8) is 0 Å². The Morgan fingerprint density at radius 2 is 2.00 bits per heavy atom. The molecule has 0 saturated heterocycles. The maximum absolute atomic E-state index is 6.02. The van der Waals surface area contributed by atoms with Crippen LogP contribution in [0.25, 0.3) is 0 Å². The van der Waals surface area contributed by atoms with Crippen molar-refractivity contribution in [1.29, 1.82) is 0 Å². The quantitative estimate of drug-likeness (QED) is 0.638. The molecule has 0 heterocycles. The maximum atomic E-state index is 6.02. The Morgan fingerprint density at radius 1 is 1.17 bits per heavy atom. The Morgan fingerprint density at radius 3 is 2.75 bits per heavy atom. The van der Waals surface area contributed by atoms with E-state index in [2.05, 4.69) is 6.92 Å². The number of rotatable bonds is 1. The lowest BCUT2D eigenvalue weighted by atomic mass is 9.73. The summed E-state index contributed by atoms with van der Waals surface area (Å²) < 4.78 is 0. The third-order valence-corrected chi connectivity index (χ3v) is 4.02. The first-order valence-electron chi connectivity index (χ1n) is 5.53. The molecular weight excluding hydrogens is 146 g/mol. The molecule has 3 aliphatic rings. The van der Waals surface area contributed by atoms with Gasteiger partial charge in [-0.25, -0.2) is 0 Å². The summed E-state index contributed by atoms with van der Waals surface area (Å²) in [7, 11) is 0. The van der Waals surface area contributed by atoms with E-state index in [0.717, 1.165) is 17.8 Å². The smallest absolute Gasteiger partial charge is 0.00415 e. The molecule has 3 aliphatic carbocycles. The van der Waals surface area contributed by atoms with Gasteiger partial charge in [0, 0.05) is 6.04 Å². The van der Waals surface area contributed by atoms with E-state index in [1.165, 1.54) is 38.5 Å². The summed E-state index contributed by atoms with van der Waals surface area (Å²) >= 11 is 0. The molecule has 0 amide bonds. The molecule has 3 rings (SSSR count). The van der Waals surface area contributed by atoms with Crippen LogP contribution in [0.5, 0.6) is 0 Å². The summed E-state index contributed by atoms with van der Waals surface area (Å²) in [6.07, 6.45) is 8.81. The summed E-state index contributed by atoms with van der Waals surface area (Å²) in [6, 6.07) is 0.441. The molecule has 3 fully saturated rings. The van der Waals surface area contributed by atoms with Crippen LogP contribution in [0.4, 0.5) is 0 Å². The van der Waals surface area contributed by atoms with Gasteiger partial charge in [0.05, 0.1) is 0 Å². The molecule has 2 N–H and O–H groups in total. The van der Waals surface area contributed by atoms with E-state index in [0.29, 0.717) is 6.04 Å². The van der Waals surface area contributed by atoms with Crippen LogP contribution in [0, 0.1) is 17.8 Å². The third kappa shape index (κ3) is 1.52. The van der Waals surface area contributed by atoms with E-state index in [4.69, 9.17) is 5.73 Å². The first-order chi connectivity index (χ1) is 5.77. The lowest BCUT2D eigenvalue weighted by Gasteiger charge is -2.35.